The summed E-state index contributed by atoms with van der Waals surface area (Å²) >= 11 is 0. The topological polar surface area (TPSA) is 115 Å². The van der Waals surface area contributed by atoms with Crippen molar-refractivity contribution in [1.29, 1.82) is 0 Å². The van der Waals surface area contributed by atoms with Crippen molar-refractivity contribution in [2.24, 2.45) is 5.73 Å². The van der Waals surface area contributed by atoms with Gasteiger partial charge in [-0.3, -0.25) is 4.79 Å². The van der Waals surface area contributed by atoms with Crippen molar-refractivity contribution in [1.82, 2.24) is 4.98 Å². The Morgan fingerprint density at radius 3 is 2.50 bits per heavy atom. The molecule has 2 rings (SSSR count). The highest BCUT2D eigenvalue weighted by molar-refractivity contribution is 7.92. The first-order valence-electron chi connectivity index (χ1n) is 4.82. The fraction of sp³-hybridized carbons (Fsp3) is 0. The molecule has 0 aliphatic rings. The molecule has 2 aromatic rings. The maximum atomic E-state index is 11.9. The average Bonchev–Trinajstić information content (AvgIpc) is 2.78. The molecule has 0 saturated carbocycles. The van der Waals surface area contributed by atoms with Gasteiger partial charge in [0.05, 0.1) is 4.90 Å². The van der Waals surface area contributed by atoms with Crippen LogP contribution in [0.3, 0.4) is 0 Å². The molecule has 1 amide bonds. The minimum Gasteiger partial charge on any atom is -0.431 e. The number of anilines is 1. The van der Waals surface area contributed by atoms with Gasteiger partial charge in [0.1, 0.15) is 6.26 Å². The Morgan fingerprint density at radius 1 is 1.28 bits per heavy atom. The highest BCUT2D eigenvalue weighted by atomic mass is 32.2. The summed E-state index contributed by atoms with van der Waals surface area (Å²) in [5.74, 6) is -0.802. The van der Waals surface area contributed by atoms with E-state index in [0.717, 1.165) is 6.26 Å². The Bertz CT molecular complexity index is 663. The van der Waals surface area contributed by atoms with Crippen molar-refractivity contribution >= 4 is 21.9 Å². The number of carbonyl (C=O) groups is 1. The molecule has 1 aromatic carbocycles. The summed E-state index contributed by atoms with van der Waals surface area (Å²) in [5, 5.41) is 0. The molecule has 1 heterocycles. The van der Waals surface area contributed by atoms with Crippen molar-refractivity contribution in [3.63, 3.8) is 0 Å². The molecule has 94 valence electrons. The summed E-state index contributed by atoms with van der Waals surface area (Å²) in [6.07, 6.45) is 0.977. The van der Waals surface area contributed by atoms with E-state index in [1.807, 2.05) is 0 Å². The van der Waals surface area contributed by atoms with Gasteiger partial charge in [0.2, 0.25) is 0 Å². The lowest BCUT2D eigenvalue weighted by Crippen LogP contribution is -2.14. The van der Waals surface area contributed by atoms with Crippen LogP contribution >= 0.6 is 0 Å². The van der Waals surface area contributed by atoms with Crippen LogP contribution in [0.2, 0.25) is 0 Å². The molecule has 18 heavy (non-hydrogen) atoms. The standard InChI is InChI=1S/C10H9N3O4S/c11-9(14)8-6-17-10(12-8)13-18(15,16)7-4-2-1-3-5-7/h1-6H,(H2,11,14)(H,12,13). The van der Waals surface area contributed by atoms with E-state index >= 15 is 0 Å². The van der Waals surface area contributed by atoms with Gasteiger partial charge in [-0.15, -0.1) is 0 Å². The van der Waals surface area contributed by atoms with Crippen LogP contribution in [0, 0.1) is 0 Å². The molecular formula is C10H9N3O4S. The Hall–Kier alpha value is -2.35. The maximum absolute atomic E-state index is 11.9. The van der Waals surface area contributed by atoms with Crippen LogP contribution in [0.15, 0.2) is 45.9 Å². The number of amides is 1. The number of nitrogens with two attached hydrogens (primary N) is 1. The number of primary amides is 1. The van der Waals surface area contributed by atoms with Gasteiger partial charge in [-0.05, 0) is 12.1 Å². The zero-order chi connectivity index (χ0) is 13.2. The van der Waals surface area contributed by atoms with Gasteiger partial charge in [0.15, 0.2) is 5.69 Å². The Labute approximate surface area is 103 Å². The molecule has 0 spiro atoms. The van der Waals surface area contributed by atoms with Crippen LogP contribution in [0.25, 0.3) is 0 Å². The highest BCUT2D eigenvalue weighted by Gasteiger charge is 2.17. The largest absolute Gasteiger partial charge is 0.431 e. The average molecular weight is 267 g/mol. The second-order valence-electron chi connectivity index (χ2n) is 3.32. The minimum absolute atomic E-state index is 0.0591. The number of sulfonamides is 1. The number of hydrogen-bond acceptors (Lipinski definition) is 5. The zero-order valence-corrected chi connectivity index (χ0v) is 9.85. The second kappa shape index (κ2) is 4.49. The Morgan fingerprint density at radius 2 is 1.94 bits per heavy atom. The summed E-state index contributed by atoms with van der Waals surface area (Å²) in [5.41, 5.74) is 4.81. The third kappa shape index (κ3) is 2.48. The fourth-order valence-electron chi connectivity index (χ4n) is 1.21. The first-order valence-corrected chi connectivity index (χ1v) is 6.30. The van der Waals surface area contributed by atoms with E-state index in [0.29, 0.717) is 0 Å². The molecule has 3 N–H and O–H groups in total. The van der Waals surface area contributed by atoms with E-state index in [1.165, 1.54) is 12.1 Å². The number of nitrogens with zero attached hydrogens (tertiary/aromatic N) is 1. The monoisotopic (exact) mass is 267 g/mol. The van der Waals surface area contributed by atoms with E-state index in [9.17, 15) is 13.2 Å². The van der Waals surface area contributed by atoms with Crippen LogP contribution in [-0.2, 0) is 10.0 Å². The molecule has 0 aliphatic carbocycles. The van der Waals surface area contributed by atoms with Gasteiger partial charge >= 0.3 is 6.01 Å². The Kier molecular flexibility index (Phi) is 3.02. The molecule has 0 aliphatic heterocycles. The number of hydrogen-bond donors (Lipinski definition) is 2. The third-order valence-electron chi connectivity index (χ3n) is 2.03. The predicted octanol–water partition coefficient (Wildman–Crippen LogP) is 0.574. The number of benzene rings is 1. The number of aromatic nitrogens is 1. The lowest BCUT2D eigenvalue weighted by Gasteiger charge is -2.03. The minimum atomic E-state index is -3.78. The van der Waals surface area contributed by atoms with Gasteiger partial charge in [-0.2, -0.15) is 4.98 Å². The molecule has 0 atom stereocenters. The van der Waals surface area contributed by atoms with E-state index in [2.05, 4.69) is 9.71 Å². The molecule has 0 saturated heterocycles. The molecule has 0 bridgehead atoms. The SMILES string of the molecule is NC(=O)c1coc(NS(=O)(=O)c2ccccc2)n1. The number of rotatable bonds is 4. The predicted molar refractivity (Wildman–Crippen MR) is 62.3 cm³/mol. The summed E-state index contributed by atoms with van der Waals surface area (Å²) in [6.45, 7) is 0. The van der Waals surface area contributed by atoms with Crippen molar-refractivity contribution < 1.29 is 17.6 Å². The third-order valence-corrected chi connectivity index (χ3v) is 3.37. The number of carbonyl (C=O) groups excluding carboxylic acids is 1. The molecule has 0 radical (unpaired) electrons. The van der Waals surface area contributed by atoms with Crippen LogP contribution in [-0.4, -0.2) is 19.3 Å². The van der Waals surface area contributed by atoms with Gasteiger partial charge in [-0.1, -0.05) is 18.2 Å². The maximum Gasteiger partial charge on any atom is 0.309 e. The van der Waals surface area contributed by atoms with E-state index in [1.54, 1.807) is 18.2 Å². The summed E-state index contributed by atoms with van der Waals surface area (Å²) in [4.78, 5) is 14.4. The fourth-order valence-corrected chi connectivity index (χ4v) is 2.16. The number of nitrogens with one attached hydrogen (secondary N) is 1. The quantitative estimate of drug-likeness (QED) is 0.840. The van der Waals surface area contributed by atoms with Crippen molar-refractivity contribution in [3.8, 4) is 0 Å². The van der Waals surface area contributed by atoms with Crippen LogP contribution in [0.4, 0.5) is 6.01 Å². The second-order valence-corrected chi connectivity index (χ2v) is 5.00. The normalized spacial score (nSPS) is 11.1. The lowest BCUT2D eigenvalue weighted by molar-refractivity contribution is 0.0995. The molecule has 0 fully saturated rings. The highest BCUT2D eigenvalue weighted by Crippen LogP contribution is 2.14. The van der Waals surface area contributed by atoms with Gasteiger partial charge in [-0.25, -0.2) is 13.1 Å². The number of oxazole rings is 1. The van der Waals surface area contributed by atoms with Crippen LogP contribution < -0.4 is 10.5 Å². The molecule has 0 unspecified atom stereocenters. The molecule has 7 nitrogen and oxygen atoms in total. The smallest absolute Gasteiger partial charge is 0.309 e. The van der Waals surface area contributed by atoms with Crippen molar-refractivity contribution in [2.45, 2.75) is 4.90 Å². The van der Waals surface area contributed by atoms with Crippen molar-refractivity contribution in [3.05, 3.63) is 42.3 Å². The van der Waals surface area contributed by atoms with Gasteiger partial charge in [0.25, 0.3) is 15.9 Å². The molecule has 8 heteroatoms. The lowest BCUT2D eigenvalue weighted by atomic mass is 10.4. The van der Waals surface area contributed by atoms with E-state index < -0.39 is 15.9 Å². The zero-order valence-electron chi connectivity index (χ0n) is 9.03. The van der Waals surface area contributed by atoms with Crippen molar-refractivity contribution in [2.75, 3.05) is 4.72 Å². The van der Waals surface area contributed by atoms with E-state index in [-0.39, 0.29) is 16.6 Å². The Balaban J connectivity index is 2.25. The van der Waals surface area contributed by atoms with Gasteiger partial charge < -0.3 is 10.2 Å². The summed E-state index contributed by atoms with van der Waals surface area (Å²) < 4.78 is 30.6. The molecule has 1 aromatic heterocycles. The van der Waals surface area contributed by atoms with Gasteiger partial charge in [0, 0.05) is 0 Å². The van der Waals surface area contributed by atoms with Crippen LogP contribution in [0.5, 0.6) is 0 Å². The summed E-state index contributed by atoms with van der Waals surface area (Å²) in [7, 11) is -3.78. The first-order chi connectivity index (χ1) is 8.49. The first kappa shape index (κ1) is 12.1. The molecular weight excluding hydrogens is 258 g/mol. The van der Waals surface area contributed by atoms with E-state index in [4.69, 9.17) is 10.2 Å². The van der Waals surface area contributed by atoms with Crippen LogP contribution in [0.1, 0.15) is 10.5 Å². The summed E-state index contributed by atoms with van der Waals surface area (Å²) in [6, 6.07) is 7.38.